The smallest absolute Gasteiger partial charge is 0.268 e. The number of morpholine rings is 1. The lowest BCUT2D eigenvalue weighted by Crippen LogP contribution is -2.38. The van der Waals surface area contributed by atoms with Gasteiger partial charge in [-0.1, -0.05) is 42.5 Å². The lowest BCUT2D eigenvalue weighted by atomic mass is 10.0. The molecule has 9 heteroatoms. The predicted molar refractivity (Wildman–Crippen MR) is 127 cm³/mol. The molecule has 1 amide bonds. The third-order valence-corrected chi connectivity index (χ3v) is 6.29. The van der Waals surface area contributed by atoms with Crippen LogP contribution < -0.4 is 5.48 Å². The molecule has 34 heavy (non-hydrogen) atoms. The first kappa shape index (κ1) is 22.3. The topological polar surface area (TPSA) is 97.4 Å². The molecule has 2 N–H and O–H groups in total. The van der Waals surface area contributed by atoms with Gasteiger partial charge in [0.15, 0.2) is 0 Å². The fourth-order valence-corrected chi connectivity index (χ4v) is 4.37. The summed E-state index contributed by atoms with van der Waals surface area (Å²) in [5.74, 6) is -0.504. The van der Waals surface area contributed by atoms with Gasteiger partial charge in [0.25, 0.3) is 5.91 Å². The zero-order valence-electron chi connectivity index (χ0n) is 18.9. The third-order valence-electron chi connectivity index (χ3n) is 6.29. The Morgan fingerprint density at radius 3 is 2.65 bits per heavy atom. The SMILES string of the molecule is O=C(NO)C(Cc1ccccc1)n1ncc2ccc(-c3cnn(CCN4CCOCC4)c3)cc21. The van der Waals surface area contributed by atoms with Crippen LogP contribution in [0.25, 0.3) is 22.0 Å². The molecule has 1 aliphatic heterocycles. The Morgan fingerprint density at radius 2 is 1.85 bits per heavy atom. The van der Waals surface area contributed by atoms with Crippen molar-refractivity contribution in [3.05, 3.63) is 72.7 Å². The molecule has 1 unspecified atom stereocenters. The summed E-state index contributed by atoms with van der Waals surface area (Å²) in [6.07, 6.45) is 6.06. The molecule has 0 bridgehead atoms. The van der Waals surface area contributed by atoms with Crippen molar-refractivity contribution in [2.75, 3.05) is 32.8 Å². The number of ether oxygens (including phenoxy) is 1. The summed E-state index contributed by atoms with van der Waals surface area (Å²) in [7, 11) is 0. The highest BCUT2D eigenvalue weighted by Crippen LogP contribution is 2.27. The van der Waals surface area contributed by atoms with Crippen molar-refractivity contribution in [2.45, 2.75) is 19.0 Å². The van der Waals surface area contributed by atoms with E-state index < -0.39 is 11.9 Å². The average molecular weight is 461 g/mol. The summed E-state index contributed by atoms with van der Waals surface area (Å²) in [6.45, 7) is 5.25. The van der Waals surface area contributed by atoms with E-state index in [-0.39, 0.29) is 0 Å². The summed E-state index contributed by atoms with van der Waals surface area (Å²) >= 11 is 0. The molecule has 0 radical (unpaired) electrons. The fourth-order valence-electron chi connectivity index (χ4n) is 4.37. The van der Waals surface area contributed by atoms with Crippen molar-refractivity contribution in [3.63, 3.8) is 0 Å². The fraction of sp³-hybridized carbons (Fsp3) is 0.320. The van der Waals surface area contributed by atoms with Gasteiger partial charge in [-0.25, -0.2) is 5.48 Å². The number of carbonyl (C=O) groups is 1. The van der Waals surface area contributed by atoms with Gasteiger partial charge in [0, 0.05) is 43.2 Å². The number of carbonyl (C=O) groups excluding carboxylic acids is 1. The van der Waals surface area contributed by atoms with Gasteiger partial charge in [-0.3, -0.25) is 24.3 Å². The van der Waals surface area contributed by atoms with E-state index in [1.54, 1.807) is 16.4 Å². The van der Waals surface area contributed by atoms with Gasteiger partial charge >= 0.3 is 0 Å². The first-order chi connectivity index (χ1) is 16.7. The number of nitrogens with zero attached hydrogens (tertiary/aromatic N) is 5. The van der Waals surface area contributed by atoms with Crippen molar-refractivity contribution >= 4 is 16.8 Å². The van der Waals surface area contributed by atoms with E-state index in [4.69, 9.17) is 4.74 Å². The zero-order valence-corrected chi connectivity index (χ0v) is 18.9. The van der Waals surface area contributed by atoms with E-state index in [0.29, 0.717) is 6.42 Å². The molecule has 4 aromatic rings. The van der Waals surface area contributed by atoms with Gasteiger partial charge in [-0.15, -0.1) is 0 Å². The maximum absolute atomic E-state index is 12.6. The average Bonchev–Trinajstić information content (AvgIpc) is 3.54. The second kappa shape index (κ2) is 10.2. The first-order valence-electron chi connectivity index (χ1n) is 11.5. The molecule has 9 nitrogen and oxygen atoms in total. The number of rotatable bonds is 8. The molecule has 0 saturated carbocycles. The molecule has 1 saturated heterocycles. The van der Waals surface area contributed by atoms with Crippen LogP contribution in [0.4, 0.5) is 0 Å². The largest absolute Gasteiger partial charge is 0.379 e. The molecule has 1 atom stereocenters. The van der Waals surface area contributed by atoms with Crippen molar-refractivity contribution in [1.82, 2.24) is 29.9 Å². The maximum atomic E-state index is 12.6. The standard InChI is InChI=1S/C25H28N6O3/c32-25(28-33)24(14-19-4-2-1-3-5-19)31-23-15-20(6-7-21(23)16-27-31)22-17-26-30(18-22)9-8-29-10-12-34-13-11-29/h1-7,15-18,24,33H,8-14H2,(H,28,32). The van der Waals surface area contributed by atoms with Crippen LogP contribution in [0.2, 0.25) is 0 Å². The summed E-state index contributed by atoms with van der Waals surface area (Å²) in [6, 6.07) is 15.1. The Balaban J connectivity index is 1.39. The van der Waals surface area contributed by atoms with E-state index in [1.165, 1.54) is 0 Å². The molecular weight excluding hydrogens is 432 g/mol. The number of amides is 1. The molecule has 3 heterocycles. The molecule has 176 valence electrons. The number of hydrogen-bond acceptors (Lipinski definition) is 6. The third kappa shape index (κ3) is 4.86. The van der Waals surface area contributed by atoms with Crippen LogP contribution in [0.1, 0.15) is 11.6 Å². The highest BCUT2D eigenvalue weighted by atomic mass is 16.5. The van der Waals surface area contributed by atoms with Crippen LogP contribution in [0, 0.1) is 0 Å². The van der Waals surface area contributed by atoms with Crippen LogP contribution in [0.5, 0.6) is 0 Å². The van der Waals surface area contributed by atoms with Crippen LogP contribution in [-0.2, 0) is 22.5 Å². The number of fused-ring (bicyclic) bond motifs is 1. The summed E-state index contributed by atoms with van der Waals surface area (Å²) < 4.78 is 9.06. The Labute approximate surface area is 197 Å². The van der Waals surface area contributed by atoms with E-state index in [9.17, 15) is 10.0 Å². The second-order valence-corrected chi connectivity index (χ2v) is 8.49. The molecule has 2 aromatic heterocycles. The van der Waals surface area contributed by atoms with Crippen molar-refractivity contribution in [1.29, 1.82) is 0 Å². The Morgan fingerprint density at radius 1 is 1.03 bits per heavy atom. The summed E-state index contributed by atoms with van der Waals surface area (Å²) in [5, 5.41) is 19.3. The molecule has 5 rings (SSSR count). The Bertz CT molecular complexity index is 1250. The van der Waals surface area contributed by atoms with E-state index in [1.807, 2.05) is 65.6 Å². The van der Waals surface area contributed by atoms with E-state index in [2.05, 4.69) is 15.1 Å². The summed E-state index contributed by atoms with van der Waals surface area (Å²) in [4.78, 5) is 15.0. The highest BCUT2D eigenvalue weighted by molar-refractivity contribution is 5.87. The minimum atomic E-state index is -0.684. The molecule has 0 aliphatic carbocycles. The molecule has 2 aromatic carbocycles. The quantitative estimate of drug-likeness (QED) is 0.310. The number of benzene rings is 2. The Kier molecular flexibility index (Phi) is 6.66. The predicted octanol–water partition coefficient (Wildman–Crippen LogP) is 2.52. The normalized spacial score (nSPS) is 15.4. The molecular formula is C25H28N6O3. The van der Waals surface area contributed by atoms with Gasteiger partial charge in [0.1, 0.15) is 6.04 Å². The maximum Gasteiger partial charge on any atom is 0.268 e. The molecule has 1 fully saturated rings. The van der Waals surface area contributed by atoms with Crippen LogP contribution in [-0.4, -0.2) is 68.4 Å². The van der Waals surface area contributed by atoms with Crippen LogP contribution in [0.3, 0.4) is 0 Å². The Hall–Kier alpha value is -3.53. The van der Waals surface area contributed by atoms with Crippen molar-refractivity contribution in [2.24, 2.45) is 0 Å². The van der Waals surface area contributed by atoms with E-state index in [0.717, 1.165) is 67.0 Å². The van der Waals surface area contributed by atoms with Crippen molar-refractivity contribution < 1.29 is 14.7 Å². The number of nitrogens with one attached hydrogen (secondary N) is 1. The minimum absolute atomic E-state index is 0.410. The molecule has 1 aliphatic rings. The van der Waals surface area contributed by atoms with Gasteiger partial charge in [-0.2, -0.15) is 10.2 Å². The monoisotopic (exact) mass is 460 g/mol. The minimum Gasteiger partial charge on any atom is -0.379 e. The summed E-state index contributed by atoms with van der Waals surface area (Å²) in [5.41, 5.74) is 5.61. The number of aromatic nitrogens is 4. The van der Waals surface area contributed by atoms with Gasteiger partial charge in [-0.05, 0) is 17.2 Å². The van der Waals surface area contributed by atoms with Crippen LogP contribution >= 0.6 is 0 Å². The van der Waals surface area contributed by atoms with Crippen LogP contribution in [0.15, 0.2) is 67.1 Å². The lowest BCUT2D eigenvalue weighted by Gasteiger charge is -2.26. The molecule has 0 spiro atoms. The van der Waals surface area contributed by atoms with Gasteiger partial charge in [0.2, 0.25) is 0 Å². The van der Waals surface area contributed by atoms with E-state index >= 15 is 0 Å². The van der Waals surface area contributed by atoms with Gasteiger partial charge in [0.05, 0.1) is 37.7 Å². The second-order valence-electron chi connectivity index (χ2n) is 8.49. The first-order valence-corrected chi connectivity index (χ1v) is 11.5. The zero-order chi connectivity index (χ0) is 23.3. The van der Waals surface area contributed by atoms with Gasteiger partial charge < -0.3 is 4.74 Å². The number of hydroxylamine groups is 1. The lowest BCUT2D eigenvalue weighted by molar-refractivity contribution is -0.132. The number of hydrogen-bond donors (Lipinski definition) is 2. The van der Waals surface area contributed by atoms with Crippen molar-refractivity contribution in [3.8, 4) is 11.1 Å². The highest BCUT2D eigenvalue weighted by Gasteiger charge is 2.23.